The minimum absolute atomic E-state index is 0.0345. The SMILES string of the molecule is C[C@@H](NC(=O)CSc1ccc([N+](=O)[O-])cc1)c1cc2ccccc2o1. The number of fused-ring (bicyclic) bond motifs is 1. The molecule has 0 fully saturated rings. The molecule has 0 saturated heterocycles. The monoisotopic (exact) mass is 356 g/mol. The van der Waals surface area contributed by atoms with Gasteiger partial charge in [-0.3, -0.25) is 14.9 Å². The third-order valence-corrected chi connectivity index (χ3v) is 4.68. The minimum atomic E-state index is -0.448. The van der Waals surface area contributed by atoms with Crippen molar-refractivity contribution >= 4 is 34.3 Å². The van der Waals surface area contributed by atoms with E-state index in [9.17, 15) is 14.9 Å². The Kier molecular flexibility index (Phi) is 5.04. The van der Waals surface area contributed by atoms with E-state index in [1.54, 1.807) is 12.1 Å². The van der Waals surface area contributed by atoms with Gasteiger partial charge in [0.05, 0.1) is 16.7 Å². The molecule has 1 atom stereocenters. The number of nitrogens with one attached hydrogen (secondary N) is 1. The first kappa shape index (κ1) is 17.0. The van der Waals surface area contributed by atoms with Crippen LogP contribution in [-0.2, 0) is 4.79 Å². The zero-order chi connectivity index (χ0) is 17.8. The molecule has 128 valence electrons. The first-order valence-corrected chi connectivity index (χ1v) is 8.66. The van der Waals surface area contributed by atoms with Gasteiger partial charge in [0.15, 0.2) is 0 Å². The molecule has 7 heteroatoms. The first-order valence-electron chi connectivity index (χ1n) is 7.68. The Balaban J connectivity index is 1.55. The second-order valence-corrected chi connectivity index (χ2v) is 6.56. The van der Waals surface area contributed by atoms with Gasteiger partial charge in [0.1, 0.15) is 11.3 Å². The number of non-ortho nitro benzene ring substituents is 1. The number of carbonyl (C=O) groups excluding carboxylic acids is 1. The number of hydrogen-bond acceptors (Lipinski definition) is 5. The molecule has 1 N–H and O–H groups in total. The lowest BCUT2D eigenvalue weighted by Crippen LogP contribution is -2.27. The number of nitro groups is 1. The number of carbonyl (C=O) groups is 1. The summed E-state index contributed by atoms with van der Waals surface area (Å²) in [6.45, 7) is 1.87. The Morgan fingerprint density at radius 3 is 2.64 bits per heavy atom. The number of hydrogen-bond donors (Lipinski definition) is 1. The van der Waals surface area contributed by atoms with Crippen LogP contribution >= 0.6 is 11.8 Å². The molecule has 0 saturated carbocycles. The smallest absolute Gasteiger partial charge is 0.269 e. The van der Waals surface area contributed by atoms with E-state index in [1.807, 2.05) is 37.3 Å². The van der Waals surface area contributed by atoms with Gasteiger partial charge in [0.2, 0.25) is 5.91 Å². The van der Waals surface area contributed by atoms with Gasteiger partial charge in [-0.1, -0.05) is 18.2 Å². The second kappa shape index (κ2) is 7.40. The molecular formula is C18H16N2O4S. The van der Waals surface area contributed by atoms with E-state index in [-0.39, 0.29) is 23.4 Å². The van der Waals surface area contributed by atoms with E-state index in [2.05, 4.69) is 5.32 Å². The average molecular weight is 356 g/mol. The fraction of sp³-hybridized carbons (Fsp3) is 0.167. The summed E-state index contributed by atoms with van der Waals surface area (Å²) >= 11 is 1.33. The molecule has 2 aromatic carbocycles. The number of thioether (sulfide) groups is 1. The molecule has 0 aliphatic carbocycles. The van der Waals surface area contributed by atoms with Crippen LogP contribution in [0.4, 0.5) is 5.69 Å². The summed E-state index contributed by atoms with van der Waals surface area (Å²) in [6, 6.07) is 15.5. The lowest BCUT2D eigenvalue weighted by atomic mass is 10.2. The molecule has 3 rings (SSSR count). The average Bonchev–Trinajstić information content (AvgIpc) is 3.04. The van der Waals surface area contributed by atoms with Crippen LogP contribution < -0.4 is 5.32 Å². The van der Waals surface area contributed by atoms with Crippen molar-refractivity contribution in [1.29, 1.82) is 0 Å². The van der Waals surface area contributed by atoms with Crippen molar-refractivity contribution in [2.75, 3.05) is 5.75 Å². The van der Waals surface area contributed by atoms with Crippen LogP contribution in [0.1, 0.15) is 18.7 Å². The summed E-state index contributed by atoms with van der Waals surface area (Å²) in [5.41, 5.74) is 0.825. The number of nitrogens with zero attached hydrogens (tertiary/aromatic N) is 1. The van der Waals surface area contributed by atoms with Crippen molar-refractivity contribution in [3.8, 4) is 0 Å². The Hall–Kier alpha value is -2.80. The maximum absolute atomic E-state index is 12.1. The van der Waals surface area contributed by atoms with Crippen molar-refractivity contribution in [2.24, 2.45) is 0 Å². The summed E-state index contributed by atoms with van der Waals surface area (Å²) in [4.78, 5) is 23.1. The molecule has 0 aliphatic rings. The van der Waals surface area contributed by atoms with Gasteiger partial charge >= 0.3 is 0 Å². The largest absolute Gasteiger partial charge is 0.459 e. The summed E-state index contributed by atoms with van der Waals surface area (Å²) < 4.78 is 5.74. The fourth-order valence-electron chi connectivity index (χ4n) is 2.38. The molecule has 3 aromatic rings. The topological polar surface area (TPSA) is 85.4 Å². The van der Waals surface area contributed by atoms with Gasteiger partial charge in [0, 0.05) is 22.4 Å². The number of rotatable bonds is 6. The minimum Gasteiger partial charge on any atom is -0.459 e. The molecule has 1 heterocycles. The van der Waals surface area contributed by atoms with Crippen molar-refractivity contribution < 1.29 is 14.1 Å². The summed E-state index contributed by atoms with van der Waals surface area (Å²) in [6.07, 6.45) is 0. The normalized spacial score (nSPS) is 12.0. The van der Waals surface area contributed by atoms with Crippen molar-refractivity contribution in [2.45, 2.75) is 17.9 Å². The van der Waals surface area contributed by atoms with Crippen LogP contribution in [0.25, 0.3) is 11.0 Å². The van der Waals surface area contributed by atoms with Gasteiger partial charge < -0.3 is 9.73 Å². The number of furan rings is 1. The summed E-state index contributed by atoms with van der Waals surface area (Å²) in [5.74, 6) is 0.800. The highest BCUT2D eigenvalue weighted by molar-refractivity contribution is 8.00. The fourth-order valence-corrected chi connectivity index (χ4v) is 3.09. The lowest BCUT2D eigenvalue weighted by Gasteiger charge is -2.11. The molecular weight excluding hydrogens is 340 g/mol. The van der Waals surface area contributed by atoms with Crippen LogP contribution in [0.3, 0.4) is 0 Å². The molecule has 0 radical (unpaired) electrons. The van der Waals surface area contributed by atoms with Gasteiger partial charge in [-0.05, 0) is 31.2 Å². The molecule has 1 aromatic heterocycles. The third kappa shape index (κ3) is 4.19. The number of benzene rings is 2. The predicted molar refractivity (Wildman–Crippen MR) is 96.6 cm³/mol. The Morgan fingerprint density at radius 1 is 1.24 bits per heavy atom. The molecule has 0 aliphatic heterocycles. The van der Waals surface area contributed by atoms with Gasteiger partial charge in [0.25, 0.3) is 5.69 Å². The zero-order valence-electron chi connectivity index (χ0n) is 13.5. The van der Waals surface area contributed by atoms with Gasteiger partial charge in [-0.25, -0.2) is 0 Å². The van der Waals surface area contributed by atoms with E-state index in [0.717, 1.165) is 15.9 Å². The predicted octanol–water partition coefficient (Wildman–Crippen LogP) is 4.31. The lowest BCUT2D eigenvalue weighted by molar-refractivity contribution is -0.384. The molecule has 25 heavy (non-hydrogen) atoms. The van der Waals surface area contributed by atoms with Crippen LogP contribution in [0, 0.1) is 10.1 Å². The van der Waals surface area contributed by atoms with E-state index in [4.69, 9.17) is 4.42 Å². The van der Waals surface area contributed by atoms with Gasteiger partial charge in [-0.2, -0.15) is 0 Å². The highest BCUT2D eigenvalue weighted by Gasteiger charge is 2.14. The van der Waals surface area contributed by atoms with Crippen LogP contribution in [0.5, 0.6) is 0 Å². The second-order valence-electron chi connectivity index (χ2n) is 5.52. The van der Waals surface area contributed by atoms with E-state index in [0.29, 0.717) is 5.76 Å². The van der Waals surface area contributed by atoms with Crippen LogP contribution in [-0.4, -0.2) is 16.6 Å². The maximum Gasteiger partial charge on any atom is 0.269 e. The molecule has 0 spiro atoms. The third-order valence-electron chi connectivity index (χ3n) is 3.67. The molecule has 6 nitrogen and oxygen atoms in total. The van der Waals surface area contributed by atoms with Crippen LogP contribution in [0.2, 0.25) is 0 Å². The maximum atomic E-state index is 12.1. The van der Waals surface area contributed by atoms with Crippen molar-refractivity contribution in [1.82, 2.24) is 5.32 Å². The number of nitro benzene ring substituents is 1. The van der Waals surface area contributed by atoms with E-state index < -0.39 is 4.92 Å². The summed E-state index contributed by atoms with van der Waals surface area (Å²) in [7, 11) is 0. The number of amides is 1. The van der Waals surface area contributed by atoms with Crippen molar-refractivity contribution in [3.63, 3.8) is 0 Å². The van der Waals surface area contributed by atoms with Crippen molar-refractivity contribution in [3.05, 3.63) is 70.5 Å². The quantitative estimate of drug-likeness (QED) is 0.404. The molecule has 1 amide bonds. The highest BCUT2D eigenvalue weighted by Crippen LogP contribution is 2.24. The summed E-state index contributed by atoms with van der Waals surface area (Å²) in [5, 5.41) is 14.5. The molecule has 0 unspecified atom stereocenters. The first-order chi connectivity index (χ1) is 12.0. The zero-order valence-corrected chi connectivity index (χ0v) is 14.3. The highest BCUT2D eigenvalue weighted by atomic mass is 32.2. The van der Waals surface area contributed by atoms with E-state index >= 15 is 0 Å². The Labute approximate surface area is 148 Å². The molecule has 0 bridgehead atoms. The van der Waals surface area contributed by atoms with E-state index in [1.165, 1.54) is 23.9 Å². The number of para-hydroxylation sites is 1. The Bertz CT molecular complexity index is 872. The van der Waals surface area contributed by atoms with Crippen LogP contribution in [0.15, 0.2) is 63.9 Å². The Morgan fingerprint density at radius 2 is 1.96 bits per heavy atom. The van der Waals surface area contributed by atoms with Gasteiger partial charge in [-0.15, -0.1) is 11.8 Å². The standard InChI is InChI=1S/C18H16N2O4S/c1-12(17-10-13-4-2-3-5-16(13)24-17)19-18(21)11-25-15-8-6-14(7-9-15)20(22)23/h2-10,12H,11H2,1H3,(H,19,21)/t12-/m1/s1.